The second-order valence-electron chi connectivity index (χ2n) is 3.99. The first-order valence-electron chi connectivity index (χ1n) is 5.57. The van der Waals surface area contributed by atoms with Crippen molar-refractivity contribution in [2.75, 3.05) is 6.61 Å². The van der Waals surface area contributed by atoms with Crippen LogP contribution in [0.3, 0.4) is 0 Å². The molecule has 1 aromatic carbocycles. The third kappa shape index (κ3) is 2.90. The van der Waals surface area contributed by atoms with Crippen LogP contribution >= 0.6 is 0 Å². The van der Waals surface area contributed by atoms with E-state index in [-0.39, 0.29) is 0 Å². The van der Waals surface area contributed by atoms with Gasteiger partial charge in [0.05, 0.1) is 6.61 Å². The van der Waals surface area contributed by atoms with E-state index in [0.717, 1.165) is 12.8 Å². The minimum absolute atomic E-state index is 0.299. The van der Waals surface area contributed by atoms with E-state index in [2.05, 4.69) is 0 Å². The third-order valence-electron chi connectivity index (χ3n) is 2.66. The second-order valence-corrected chi connectivity index (χ2v) is 3.99. The Morgan fingerprint density at radius 3 is 2.44 bits per heavy atom. The van der Waals surface area contributed by atoms with Crippen molar-refractivity contribution in [3.05, 3.63) is 35.9 Å². The first-order valence-corrected chi connectivity index (χ1v) is 5.57. The molecule has 3 nitrogen and oxygen atoms in total. The number of rotatable bonds is 6. The van der Waals surface area contributed by atoms with E-state index in [0.29, 0.717) is 12.0 Å². The van der Waals surface area contributed by atoms with Crippen LogP contribution in [0.5, 0.6) is 0 Å². The van der Waals surface area contributed by atoms with E-state index < -0.39 is 18.0 Å². The van der Waals surface area contributed by atoms with Crippen LogP contribution in [0.25, 0.3) is 0 Å². The van der Waals surface area contributed by atoms with Crippen molar-refractivity contribution in [2.45, 2.75) is 31.8 Å². The van der Waals surface area contributed by atoms with Crippen molar-refractivity contribution in [1.29, 1.82) is 0 Å². The SMILES string of the molecule is CCCCC(O)(CO)C(=O)c1ccccc1. The molecule has 1 aromatic rings. The van der Waals surface area contributed by atoms with Gasteiger partial charge in [-0.25, -0.2) is 0 Å². The Balaban J connectivity index is 2.84. The van der Waals surface area contributed by atoms with Crippen LogP contribution < -0.4 is 0 Å². The average Bonchev–Trinajstić information content (AvgIpc) is 2.36. The number of benzene rings is 1. The van der Waals surface area contributed by atoms with Crippen molar-refractivity contribution in [3.63, 3.8) is 0 Å². The molecule has 0 heterocycles. The number of ketones is 1. The van der Waals surface area contributed by atoms with Gasteiger partial charge in [-0.1, -0.05) is 50.1 Å². The van der Waals surface area contributed by atoms with E-state index in [4.69, 9.17) is 0 Å². The molecule has 0 aromatic heterocycles. The van der Waals surface area contributed by atoms with Gasteiger partial charge >= 0.3 is 0 Å². The highest BCUT2D eigenvalue weighted by Gasteiger charge is 2.34. The van der Waals surface area contributed by atoms with Crippen LogP contribution in [0.4, 0.5) is 0 Å². The fourth-order valence-electron chi connectivity index (χ4n) is 1.59. The normalized spacial score (nSPS) is 14.4. The van der Waals surface area contributed by atoms with Crippen molar-refractivity contribution in [2.24, 2.45) is 0 Å². The van der Waals surface area contributed by atoms with Crippen LogP contribution in [-0.4, -0.2) is 28.2 Å². The third-order valence-corrected chi connectivity index (χ3v) is 2.66. The lowest BCUT2D eigenvalue weighted by Crippen LogP contribution is -2.42. The predicted octanol–water partition coefficient (Wildman–Crippen LogP) is 1.78. The maximum absolute atomic E-state index is 12.0. The summed E-state index contributed by atoms with van der Waals surface area (Å²) in [6, 6.07) is 8.58. The van der Waals surface area contributed by atoms with Gasteiger partial charge in [-0.2, -0.15) is 0 Å². The monoisotopic (exact) mass is 222 g/mol. The molecule has 0 fully saturated rings. The summed E-state index contributed by atoms with van der Waals surface area (Å²) in [6.45, 7) is 1.45. The van der Waals surface area contributed by atoms with Crippen LogP contribution in [0.15, 0.2) is 30.3 Å². The Morgan fingerprint density at radius 1 is 1.31 bits per heavy atom. The van der Waals surface area contributed by atoms with Gasteiger partial charge in [-0.15, -0.1) is 0 Å². The molecule has 1 atom stereocenters. The molecule has 3 heteroatoms. The Bertz CT molecular complexity index is 334. The molecular formula is C13H18O3. The highest BCUT2D eigenvalue weighted by atomic mass is 16.3. The Labute approximate surface area is 95.7 Å². The number of hydrogen-bond acceptors (Lipinski definition) is 3. The Hall–Kier alpha value is -1.19. The lowest BCUT2D eigenvalue weighted by molar-refractivity contribution is -0.00709. The summed E-state index contributed by atoms with van der Waals surface area (Å²) in [5, 5.41) is 19.2. The molecule has 0 saturated heterocycles. The van der Waals surface area contributed by atoms with Crippen molar-refractivity contribution < 1.29 is 15.0 Å². The lowest BCUT2D eigenvalue weighted by Gasteiger charge is -2.24. The molecule has 0 bridgehead atoms. The maximum Gasteiger partial charge on any atom is 0.196 e. The average molecular weight is 222 g/mol. The zero-order chi connectivity index (χ0) is 12.0. The van der Waals surface area contributed by atoms with Crippen molar-refractivity contribution in [3.8, 4) is 0 Å². The van der Waals surface area contributed by atoms with E-state index in [1.54, 1.807) is 30.3 Å². The van der Waals surface area contributed by atoms with Gasteiger partial charge < -0.3 is 10.2 Å². The number of carbonyl (C=O) groups excluding carboxylic acids is 1. The zero-order valence-corrected chi connectivity index (χ0v) is 9.52. The van der Waals surface area contributed by atoms with Gasteiger partial charge in [0, 0.05) is 5.56 Å². The van der Waals surface area contributed by atoms with Crippen LogP contribution in [0.2, 0.25) is 0 Å². The molecule has 0 saturated carbocycles. The molecule has 0 spiro atoms. The minimum Gasteiger partial charge on any atom is -0.393 e. The second kappa shape index (κ2) is 5.77. The summed E-state index contributed by atoms with van der Waals surface area (Å²) < 4.78 is 0. The summed E-state index contributed by atoms with van der Waals surface area (Å²) in [4.78, 5) is 12.0. The van der Waals surface area contributed by atoms with Gasteiger partial charge in [0.15, 0.2) is 11.4 Å². The molecule has 1 unspecified atom stereocenters. The number of aliphatic hydroxyl groups excluding tert-OH is 1. The van der Waals surface area contributed by atoms with Gasteiger partial charge in [0.25, 0.3) is 0 Å². The summed E-state index contributed by atoms with van der Waals surface area (Å²) in [7, 11) is 0. The van der Waals surface area contributed by atoms with Gasteiger partial charge in [0.2, 0.25) is 0 Å². The summed E-state index contributed by atoms with van der Waals surface area (Å²) in [5.74, 6) is -0.399. The number of unbranched alkanes of at least 4 members (excludes halogenated alkanes) is 1. The lowest BCUT2D eigenvalue weighted by atomic mass is 9.89. The number of hydrogen-bond donors (Lipinski definition) is 2. The highest BCUT2D eigenvalue weighted by molar-refractivity contribution is 6.02. The molecule has 1 rings (SSSR count). The zero-order valence-electron chi connectivity index (χ0n) is 9.52. The Morgan fingerprint density at radius 2 is 1.94 bits per heavy atom. The molecule has 0 aliphatic rings. The smallest absolute Gasteiger partial charge is 0.196 e. The molecule has 0 amide bonds. The molecule has 2 N–H and O–H groups in total. The molecule has 88 valence electrons. The largest absolute Gasteiger partial charge is 0.393 e. The molecule has 16 heavy (non-hydrogen) atoms. The van der Waals surface area contributed by atoms with E-state index in [1.807, 2.05) is 6.92 Å². The fourth-order valence-corrected chi connectivity index (χ4v) is 1.59. The standard InChI is InChI=1S/C13H18O3/c1-2-3-9-13(16,10-14)12(15)11-7-5-4-6-8-11/h4-8,14,16H,2-3,9-10H2,1H3. The quantitative estimate of drug-likeness (QED) is 0.721. The van der Waals surface area contributed by atoms with Gasteiger partial charge in [0.1, 0.15) is 0 Å². The van der Waals surface area contributed by atoms with Crippen LogP contribution in [0, 0.1) is 0 Å². The van der Waals surface area contributed by atoms with Crippen LogP contribution in [0.1, 0.15) is 36.5 Å². The Kier molecular flexibility index (Phi) is 4.65. The molecule has 0 aliphatic carbocycles. The predicted molar refractivity (Wildman–Crippen MR) is 62.3 cm³/mol. The first kappa shape index (κ1) is 12.9. The van der Waals surface area contributed by atoms with Gasteiger partial charge in [-0.05, 0) is 6.42 Å². The molecular weight excluding hydrogens is 204 g/mol. The summed E-state index contributed by atoms with van der Waals surface area (Å²) >= 11 is 0. The maximum atomic E-state index is 12.0. The van der Waals surface area contributed by atoms with E-state index >= 15 is 0 Å². The van der Waals surface area contributed by atoms with Crippen molar-refractivity contribution >= 4 is 5.78 Å². The number of aliphatic hydroxyl groups is 2. The molecule has 0 radical (unpaired) electrons. The minimum atomic E-state index is -1.63. The van der Waals surface area contributed by atoms with E-state index in [9.17, 15) is 15.0 Å². The van der Waals surface area contributed by atoms with E-state index in [1.165, 1.54) is 0 Å². The first-order chi connectivity index (χ1) is 7.64. The van der Waals surface area contributed by atoms with Crippen molar-refractivity contribution in [1.82, 2.24) is 0 Å². The van der Waals surface area contributed by atoms with Gasteiger partial charge in [-0.3, -0.25) is 4.79 Å². The summed E-state index contributed by atoms with van der Waals surface area (Å²) in [5.41, 5.74) is -1.19. The fraction of sp³-hybridized carbons (Fsp3) is 0.462. The molecule has 0 aliphatic heterocycles. The topological polar surface area (TPSA) is 57.5 Å². The van der Waals surface area contributed by atoms with Crippen LogP contribution in [-0.2, 0) is 0 Å². The highest BCUT2D eigenvalue weighted by Crippen LogP contribution is 2.19. The summed E-state index contributed by atoms with van der Waals surface area (Å²) in [6.07, 6.45) is 1.90. The number of Topliss-reactive ketones (excluding diaryl/α,β-unsaturated/α-hetero) is 1. The number of carbonyl (C=O) groups is 1.